The summed E-state index contributed by atoms with van der Waals surface area (Å²) >= 11 is 1.28. The van der Waals surface area contributed by atoms with Crippen LogP contribution in [0.15, 0.2) is 5.38 Å². The number of hydrogen-bond donors (Lipinski definition) is 0. The number of methoxy groups -OCH3 is 1. The van der Waals surface area contributed by atoms with Crippen molar-refractivity contribution in [1.29, 1.82) is 0 Å². The maximum Gasteiger partial charge on any atom is 0.357 e. The average molecular weight is 332 g/mol. The van der Waals surface area contributed by atoms with Crippen molar-refractivity contribution < 1.29 is 17.9 Å². The van der Waals surface area contributed by atoms with Crippen molar-refractivity contribution in [3.8, 4) is 0 Å². The van der Waals surface area contributed by atoms with Gasteiger partial charge in [0.15, 0.2) is 5.69 Å². The fraction of sp³-hybridized carbons (Fsp3) is 0.692. The molecule has 0 aliphatic heterocycles. The molecule has 21 heavy (non-hydrogen) atoms. The average Bonchev–Trinajstić information content (AvgIpc) is 2.92. The third kappa shape index (κ3) is 4.24. The second-order valence-corrected chi connectivity index (χ2v) is 8.10. The Morgan fingerprint density at radius 3 is 2.67 bits per heavy atom. The quantitative estimate of drug-likeness (QED) is 0.771. The lowest BCUT2D eigenvalue weighted by Gasteiger charge is -2.31. The third-order valence-corrected chi connectivity index (χ3v) is 5.76. The van der Waals surface area contributed by atoms with Crippen LogP contribution in [0.5, 0.6) is 0 Å². The summed E-state index contributed by atoms with van der Waals surface area (Å²) in [5, 5.41) is 2.22. The van der Waals surface area contributed by atoms with Crippen molar-refractivity contribution in [2.45, 2.75) is 44.7 Å². The molecule has 0 aromatic carbocycles. The van der Waals surface area contributed by atoms with E-state index in [0.29, 0.717) is 5.01 Å². The van der Waals surface area contributed by atoms with Crippen molar-refractivity contribution in [1.82, 2.24) is 9.29 Å². The molecule has 1 aromatic heterocycles. The van der Waals surface area contributed by atoms with Crippen molar-refractivity contribution in [2.75, 3.05) is 13.4 Å². The van der Waals surface area contributed by atoms with E-state index in [1.807, 2.05) is 0 Å². The summed E-state index contributed by atoms with van der Waals surface area (Å²) in [4.78, 5) is 15.6. The molecule has 0 bridgehead atoms. The Bertz CT molecular complexity index is 591. The predicted molar refractivity (Wildman–Crippen MR) is 80.7 cm³/mol. The van der Waals surface area contributed by atoms with Crippen LogP contribution >= 0.6 is 11.3 Å². The van der Waals surface area contributed by atoms with E-state index in [4.69, 9.17) is 0 Å². The standard InChI is InChI=1S/C13H20N2O4S2/c1-19-13(16)11-9-20-12(14-11)8-15(21(2,17)18)10-6-4-3-5-7-10/h9-10H,3-8H2,1-2H3. The summed E-state index contributed by atoms with van der Waals surface area (Å²) in [6, 6.07) is 0.0410. The molecule has 118 valence electrons. The van der Waals surface area contributed by atoms with E-state index in [2.05, 4.69) is 9.72 Å². The number of carbonyl (C=O) groups is 1. The zero-order chi connectivity index (χ0) is 15.5. The zero-order valence-electron chi connectivity index (χ0n) is 12.2. The van der Waals surface area contributed by atoms with E-state index in [0.717, 1.165) is 32.1 Å². The van der Waals surface area contributed by atoms with E-state index in [-0.39, 0.29) is 18.3 Å². The SMILES string of the molecule is COC(=O)c1csc(CN(C2CCCCC2)S(C)(=O)=O)n1. The van der Waals surface area contributed by atoms with Crippen LogP contribution in [0.3, 0.4) is 0 Å². The smallest absolute Gasteiger partial charge is 0.357 e. The Hall–Kier alpha value is -0.990. The van der Waals surface area contributed by atoms with Gasteiger partial charge in [-0.05, 0) is 12.8 Å². The first-order valence-electron chi connectivity index (χ1n) is 6.91. The summed E-state index contributed by atoms with van der Waals surface area (Å²) in [5.74, 6) is -0.499. The lowest BCUT2D eigenvalue weighted by molar-refractivity contribution is 0.0594. The van der Waals surface area contributed by atoms with Gasteiger partial charge in [-0.2, -0.15) is 4.31 Å². The minimum atomic E-state index is -3.30. The van der Waals surface area contributed by atoms with Crippen LogP contribution in [0.2, 0.25) is 0 Å². The Kier molecular flexibility index (Phi) is 5.34. The van der Waals surface area contributed by atoms with Crippen molar-refractivity contribution in [2.24, 2.45) is 0 Å². The topological polar surface area (TPSA) is 76.6 Å². The van der Waals surface area contributed by atoms with E-state index < -0.39 is 16.0 Å². The monoisotopic (exact) mass is 332 g/mol. The molecule has 0 unspecified atom stereocenters. The minimum absolute atomic E-state index is 0.0410. The number of nitrogens with zero attached hydrogens (tertiary/aromatic N) is 2. The maximum absolute atomic E-state index is 12.0. The van der Waals surface area contributed by atoms with Gasteiger partial charge in [0.1, 0.15) is 5.01 Å². The van der Waals surface area contributed by atoms with Crippen LogP contribution in [0.25, 0.3) is 0 Å². The molecule has 1 heterocycles. The van der Waals surface area contributed by atoms with Gasteiger partial charge in [0.2, 0.25) is 10.0 Å². The first kappa shape index (κ1) is 16.4. The number of esters is 1. The van der Waals surface area contributed by atoms with Crippen LogP contribution in [0.4, 0.5) is 0 Å². The summed E-state index contributed by atoms with van der Waals surface area (Å²) in [5.41, 5.74) is 0.231. The predicted octanol–water partition coefficient (Wildman–Crippen LogP) is 2.02. The molecular weight excluding hydrogens is 312 g/mol. The van der Waals surface area contributed by atoms with Gasteiger partial charge in [0.25, 0.3) is 0 Å². The van der Waals surface area contributed by atoms with Gasteiger partial charge in [0.05, 0.1) is 19.9 Å². The first-order valence-corrected chi connectivity index (χ1v) is 9.64. The van der Waals surface area contributed by atoms with Gasteiger partial charge in [0, 0.05) is 11.4 Å². The molecule has 0 radical (unpaired) electrons. The molecule has 1 aliphatic rings. The maximum atomic E-state index is 12.0. The number of ether oxygens (including phenoxy) is 1. The van der Waals surface area contributed by atoms with Gasteiger partial charge in [-0.1, -0.05) is 19.3 Å². The molecule has 1 fully saturated rings. The molecule has 0 N–H and O–H groups in total. The van der Waals surface area contributed by atoms with Crippen LogP contribution in [-0.2, 0) is 21.3 Å². The van der Waals surface area contributed by atoms with E-state index in [1.165, 1.54) is 29.0 Å². The van der Waals surface area contributed by atoms with Gasteiger partial charge in [-0.25, -0.2) is 18.2 Å². The Balaban J connectivity index is 2.15. The largest absolute Gasteiger partial charge is 0.464 e. The fourth-order valence-corrected chi connectivity index (χ4v) is 4.55. The first-order chi connectivity index (χ1) is 9.91. The molecule has 6 nitrogen and oxygen atoms in total. The van der Waals surface area contributed by atoms with Gasteiger partial charge in [-0.15, -0.1) is 11.3 Å². The van der Waals surface area contributed by atoms with Crippen LogP contribution in [-0.4, -0.2) is 43.1 Å². The third-order valence-electron chi connectivity index (χ3n) is 3.65. The van der Waals surface area contributed by atoms with Gasteiger partial charge in [-0.3, -0.25) is 0 Å². The highest BCUT2D eigenvalue weighted by molar-refractivity contribution is 7.88. The van der Waals surface area contributed by atoms with Crippen molar-refractivity contribution in [3.05, 3.63) is 16.1 Å². The van der Waals surface area contributed by atoms with Gasteiger partial charge >= 0.3 is 5.97 Å². The number of aromatic nitrogens is 1. The Morgan fingerprint density at radius 1 is 1.43 bits per heavy atom. The van der Waals surface area contributed by atoms with E-state index in [9.17, 15) is 13.2 Å². The molecular formula is C13H20N2O4S2. The lowest BCUT2D eigenvalue weighted by Crippen LogP contribution is -2.40. The highest BCUT2D eigenvalue weighted by Gasteiger charge is 2.29. The summed E-state index contributed by atoms with van der Waals surface area (Å²) in [6.45, 7) is 0.227. The lowest BCUT2D eigenvalue weighted by atomic mass is 9.95. The second kappa shape index (κ2) is 6.85. The van der Waals surface area contributed by atoms with Crippen LogP contribution in [0, 0.1) is 0 Å². The summed E-state index contributed by atoms with van der Waals surface area (Å²) < 4.78 is 30.2. The summed E-state index contributed by atoms with van der Waals surface area (Å²) in [6.07, 6.45) is 6.29. The number of thiazole rings is 1. The molecule has 2 rings (SSSR count). The zero-order valence-corrected chi connectivity index (χ0v) is 13.9. The summed E-state index contributed by atoms with van der Waals surface area (Å²) in [7, 11) is -2.00. The number of carbonyl (C=O) groups excluding carboxylic acids is 1. The Morgan fingerprint density at radius 2 is 2.10 bits per heavy atom. The fourth-order valence-electron chi connectivity index (χ4n) is 2.60. The normalized spacial score (nSPS) is 17.1. The van der Waals surface area contributed by atoms with Crippen molar-refractivity contribution in [3.63, 3.8) is 0 Å². The molecule has 1 aromatic rings. The number of sulfonamides is 1. The van der Waals surface area contributed by atoms with E-state index >= 15 is 0 Å². The van der Waals surface area contributed by atoms with E-state index in [1.54, 1.807) is 5.38 Å². The molecule has 1 aliphatic carbocycles. The second-order valence-electron chi connectivity index (χ2n) is 5.22. The number of hydrogen-bond acceptors (Lipinski definition) is 6. The molecule has 8 heteroatoms. The molecule has 0 saturated heterocycles. The molecule has 0 spiro atoms. The molecule has 1 saturated carbocycles. The molecule has 0 amide bonds. The van der Waals surface area contributed by atoms with Gasteiger partial charge < -0.3 is 4.74 Å². The molecule has 0 atom stereocenters. The van der Waals surface area contributed by atoms with Crippen LogP contribution in [0.1, 0.15) is 47.6 Å². The minimum Gasteiger partial charge on any atom is -0.464 e. The van der Waals surface area contributed by atoms with Crippen molar-refractivity contribution >= 4 is 27.3 Å². The Labute approximate surface area is 129 Å². The number of rotatable bonds is 5. The highest BCUT2D eigenvalue weighted by Crippen LogP contribution is 2.26. The highest BCUT2D eigenvalue weighted by atomic mass is 32.2. The van der Waals surface area contributed by atoms with Crippen LogP contribution < -0.4 is 0 Å².